The van der Waals surface area contributed by atoms with Crippen molar-refractivity contribution in [1.29, 1.82) is 0 Å². The first-order valence-electron chi connectivity index (χ1n) is 6.61. The minimum absolute atomic E-state index is 0.0250. The van der Waals surface area contributed by atoms with Crippen molar-refractivity contribution in [2.45, 2.75) is 51.3 Å². The van der Waals surface area contributed by atoms with Crippen LogP contribution in [0.5, 0.6) is 0 Å². The fraction of sp³-hybridized carbons (Fsp3) is 0.692. The average molecular weight is 362 g/mol. The van der Waals surface area contributed by atoms with Crippen LogP contribution in [-0.2, 0) is 11.2 Å². The Bertz CT molecular complexity index is 486. The summed E-state index contributed by atoms with van der Waals surface area (Å²) < 4.78 is 6.30. The number of carbonyl (C=O) groups is 1. The molecule has 1 aliphatic heterocycles. The standard InChI is InChI=1S/C13H20BrN3O2S/c1-13(2,3)19-12(18)17-5-4-9(15)10(17)6-8-7-20-11(14)16-8/h7,9-10H,4-6,15H2,1-3H3/t9-,10-/m1/s1. The molecule has 2 atom stereocenters. The van der Waals surface area contributed by atoms with Crippen molar-refractivity contribution in [3.63, 3.8) is 0 Å². The van der Waals surface area contributed by atoms with Crippen LogP contribution in [0.15, 0.2) is 9.30 Å². The summed E-state index contributed by atoms with van der Waals surface area (Å²) >= 11 is 4.89. The van der Waals surface area contributed by atoms with Crippen molar-refractivity contribution < 1.29 is 9.53 Å². The second-order valence-corrected chi connectivity index (χ2v) is 8.12. The zero-order valence-corrected chi connectivity index (χ0v) is 14.3. The molecule has 7 heteroatoms. The third-order valence-corrected chi connectivity index (χ3v) is 4.58. The molecule has 0 bridgehead atoms. The van der Waals surface area contributed by atoms with E-state index >= 15 is 0 Å². The number of aromatic nitrogens is 1. The fourth-order valence-electron chi connectivity index (χ4n) is 2.28. The molecule has 112 valence electrons. The second-order valence-electron chi connectivity index (χ2n) is 5.99. The molecule has 1 amide bonds. The van der Waals surface area contributed by atoms with Gasteiger partial charge < -0.3 is 15.4 Å². The lowest BCUT2D eigenvalue weighted by Crippen LogP contribution is -2.46. The Morgan fingerprint density at radius 3 is 2.90 bits per heavy atom. The van der Waals surface area contributed by atoms with E-state index in [-0.39, 0.29) is 18.2 Å². The van der Waals surface area contributed by atoms with E-state index in [2.05, 4.69) is 20.9 Å². The second kappa shape index (κ2) is 5.99. The van der Waals surface area contributed by atoms with Gasteiger partial charge in [0.2, 0.25) is 0 Å². The van der Waals surface area contributed by atoms with E-state index in [1.807, 2.05) is 26.2 Å². The monoisotopic (exact) mass is 361 g/mol. The third-order valence-electron chi connectivity index (χ3n) is 3.17. The van der Waals surface area contributed by atoms with E-state index in [1.54, 1.807) is 4.90 Å². The zero-order chi connectivity index (χ0) is 14.9. The maximum Gasteiger partial charge on any atom is 0.410 e. The SMILES string of the molecule is CC(C)(C)OC(=O)N1CC[C@@H](N)[C@H]1Cc1csc(Br)n1. The molecular formula is C13H20BrN3O2S. The first kappa shape index (κ1) is 15.7. The van der Waals surface area contributed by atoms with E-state index in [9.17, 15) is 4.79 Å². The Morgan fingerprint density at radius 2 is 2.35 bits per heavy atom. The Kier molecular flexibility index (Phi) is 4.71. The third kappa shape index (κ3) is 3.93. The highest BCUT2D eigenvalue weighted by Gasteiger charge is 2.37. The van der Waals surface area contributed by atoms with E-state index in [1.165, 1.54) is 11.3 Å². The number of rotatable bonds is 2. The molecule has 1 saturated heterocycles. The lowest BCUT2D eigenvalue weighted by atomic mass is 10.1. The molecule has 0 spiro atoms. The van der Waals surface area contributed by atoms with Gasteiger partial charge in [-0.15, -0.1) is 11.3 Å². The average Bonchev–Trinajstić information content (AvgIpc) is 2.85. The summed E-state index contributed by atoms with van der Waals surface area (Å²) in [5, 5.41) is 1.99. The van der Waals surface area contributed by atoms with Gasteiger partial charge in [-0.3, -0.25) is 0 Å². The van der Waals surface area contributed by atoms with Crippen molar-refractivity contribution in [1.82, 2.24) is 9.88 Å². The summed E-state index contributed by atoms with van der Waals surface area (Å²) in [7, 11) is 0. The Hall–Kier alpha value is -0.660. The molecule has 0 aromatic carbocycles. The van der Waals surface area contributed by atoms with Crippen LogP contribution in [0.25, 0.3) is 0 Å². The molecule has 0 saturated carbocycles. The van der Waals surface area contributed by atoms with E-state index < -0.39 is 5.60 Å². The number of ether oxygens (including phenoxy) is 1. The predicted octanol–water partition coefficient (Wildman–Crippen LogP) is 2.78. The maximum atomic E-state index is 12.2. The molecule has 1 aliphatic rings. The van der Waals surface area contributed by atoms with Gasteiger partial charge >= 0.3 is 6.09 Å². The smallest absolute Gasteiger partial charge is 0.410 e. The summed E-state index contributed by atoms with van der Waals surface area (Å²) in [5.74, 6) is 0. The predicted molar refractivity (Wildman–Crippen MR) is 82.8 cm³/mol. The van der Waals surface area contributed by atoms with Gasteiger partial charge in [-0.1, -0.05) is 0 Å². The van der Waals surface area contributed by atoms with Crippen molar-refractivity contribution >= 4 is 33.4 Å². The molecule has 1 aromatic rings. The van der Waals surface area contributed by atoms with Gasteiger partial charge in [0.1, 0.15) is 5.60 Å². The number of amides is 1. The first-order chi connectivity index (χ1) is 9.26. The first-order valence-corrected chi connectivity index (χ1v) is 8.28. The quantitative estimate of drug-likeness (QED) is 0.879. The molecule has 2 rings (SSSR count). The number of halogens is 1. The number of carbonyl (C=O) groups excluding carboxylic acids is 1. The molecular weight excluding hydrogens is 342 g/mol. The molecule has 1 fully saturated rings. The van der Waals surface area contributed by atoms with Gasteiger partial charge in [-0.25, -0.2) is 9.78 Å². The highest BCUT2D eigenvalue weighted by atomic mass is 79.9. The molecule has 2 N–H and O–H groups in total. The van der Waals surface area contributed by atoms with E-state index in [0.29, 0.717) is 13.0 Å². The van der Waals surface area contributed by atoms with Crippen LogP contribution < -0.4 is 5.73 Å². The fourth-order valence-corrected chi connectivity index (χ4v) is 3.34. The van der Waals surface area contributed by atoms with Crippen molar-refractivity contribution in [2.24, 2.45) is 5.73 Å². The Balaban J connectivity index is 2.06. The van der Waals surface area contributed by atoms with Gasteiger partial charge in [0.25, 0.3) is 0 Å². The number of hydrogen-bond donors (Lipinski definition) is 1. The lowest BCUT2D eigenvalue weighted by molar-refractivity contribution is 0.0220. The zero-order valence-electron chi connectivity index (χ0n) is 11.9. The summed E-state index contributed by atoms with van der Waals surface area (Å²) in [6.45, 7) is 6.25. The molecule has 5 nitrogen and oxygen atoms in total. The summed E-state index contributed by atoms with van der Waals surface area (Å²) in [4.78, 5) is 18.4. The number of nitrogens with zero attached hydrogens (tertiary/aromatic N) is 2. The number of hydrogen-bond acceptors (Lipinski definition) is 5. The molecule has 1 aromatic heterocycles. The van der Waals surface area contributed by atoms with Gasteiger partial charge in [-0.2, -0.15) is 0 Å². The number of nitrogens with two attached hydrogens (primary N) is 1. The van der Waals surface area contributed by atoms with Gasteiger partial charge in [0.15, 0.2) is 3.92 Å². The highest BCUT2D eigenvalue weighted by molar-refractivity contribution is 9.11. The van der Waals surface area contributed by atoms with Gasteiger partial charge in [0, 0.05) is 24.4 Å². The van der Waals surface area contributed by atoms with E-state index in [4.69, 9.17) is 10.5 Å². The summed E-state index contributed by atoms with van der Waals surface area (Å²) in [5.41, 5.74) is 6.61. The highest BCUT2D eigenvalue weighted by Crippen LogP contribution is 2.25. The van der Waals surface area contributed by atoms with Crippen LogP contribution >= 0.6 is 27.3 Å². The molecule has 2 heterocycles. The molecule has 0 unspecified atom stereocenters. The molecule has 20 heavy (non-hydrogen) atoms. The summed E-state index contributed by atoms with van der Waals surface area (Å²) in [6, 6.07) is -0.0677. The maximum absolute atomic E-state index is 12.2. The van der Waals surface area contributed by atoms with Crippen LogP contribution in [0, 0.1) is 0 Å². The van der Waals surface area contributed by atoms with Crippen molar-refractivity contribution in [3.05, 3.63) is 15.0 Å². The lowest BCUT2D eigenvalue weighted by Gasteiger charge is -2.29. The minimum atomic E-state index is -0.488. The largest absolute Gasteiger partial charge is 0.444 e. The minimum Gasteiger partial charge on any atom is -0.444 e. The molecule has 0 aliphatic carbocycles. The normalized spacial score (nSPS) is 23.1. The van der Waals surface area contributed by atoms with Crippen LogP contribution in [0.2, 0.25) is 0 Å². The van der Waals surface area contributed by atoms with Crippen LogP contribution in [0.4, 0.5) is 4.79 Å². The van der Waals surface area contributed by atoms with Gasteiger partial charge in [0.05, 0.1) is 11.7 Å². The Morgan fingerprint density at radius 1 is 1.65 bits per heavy atom. The van der Waals surface area contributed by atoms with Crippen LogP contribution in [0.1, 0.15) is 32.9 Å². The van der Waals surface area contributed by atoms with Crippen LogP contribution in [0.3, 0.4) is 0 Å². The summed E-state index contributed by atoms with van der Waals surface area (Å²) in [6.07, 6.45) is 1.18. The molecule has 0 radical (unpaired) electrons. The number of likely N-dealkylation sites (tertiary alicyclic amines) is 1. The Labute approximate surface area is 131 Å². The van der Waals surface area contributed by atoms with E-state index in [0.717, 1.165) is 16.0 Å². The van der Waals surface area contributed by atoms with Crippen molar-refractivity contribution in [3.8, 4) is 0 Å². The van der Waals surface area contributed by atoms with Crippen molar-refractivity contribution in [2.75, 3.05) is 6.54 Å². The van der Waals surface area contributed by atoms with Gasteiger partial charge in [-0.05, 0) is 43.1 Å². The number of thiazole rings is 1. The van der Waals surface area contributed by atoms with Crippen LogP contribution in [-0.4, -0.2) is 40.2 Å². The topological polar surface area (TPSA) is 68.5 Å².